The fraction of sp³-hybridized carbons (Fsp3) is 0.222. The molecule has 0 spiro atoms. The second-order valence-corrected chi connectivity index (χ2v) is 9.61. The second kappa shape index (κ2) is 9.03. The van der Waals surface area contributed by atoms with Crippen molar-refractivity contribution in [2.75, 3.05) is 13.2 Å². The third kappa shape index (κ3) is 4.21. The van der Waals surface area contributed by atoms with Crippen molar-refractivity contribution < 1.29 is 9.47 Å². The van der Waals surface area contributed by atoms with E-state index in [1.165, 1.54) is 4.88 Å². The molecule has 7 nitrogen and oxygen atoms in total. The van der Waals surface area contributed by atoms with Gasteiger partial charge in [-0.3, -0.25) is 9.59 Å². The van der Waals surface area contributed by atoms with E-state index in [-0.39, 0.29) is 11.1 Å². The minimum Gasteiger partial charge on any atom is -0.490 e. The fourth-order valence-corrected chi connectivity index (χ4v) is 5.09. The summed E-state index contributed by atoms with van der Waals surface area (Å²) >= 11 is 1.68. The maximum Gasteiger partial charge on any atom is 0.260 e. The van der Waals surface area contributed by atoms with Crippen molar-refractivity contribution >= 4 is 33.1 Å². The zero-order valence-corrected chi connectivity index (χ0v) is 19.8. The predicted molar refractivity (Wildman–Crippen MR) is 137 cm³/mol. The van der Waals surface area contributed by atoms with Crippen molar-refractivity contribution in [1.82, 2.24) is 14.1 Å². The van der Waals surface area contributed by atoms with E-state index in [0.29, 0.717) is 53.9 Å². The summed E-state index contributed by atoms with van der Waals surface area (Å²) in [5.41, 5.74) is 1.78. The van der Waals surface area contributed by atoms with Crippen LogP contribution < -0.4 is 20.6 Å². The third-order valence-corrected chi connectivity index (χ3v) is 7.17. The highest BCUT2D eigenvalue weighted by Crippen LogP contribution is 2.30. The van der Waals surface area contributed by atoms with E-state index in [2.05, 4.69) is 11.1 Å². The Bertz CT molecular complexity index is 1650. The van der Waals surface area contributed by atoms with E-state index < -0.39 is 0 Å². The van der Waals surface area contributed by atoms with Gasteiger partial charge in [0.25, 0.3) is 11.1 Å². The maximum absolute atomic E-state index is 13.4. The van der Waals surface area contributed by atoms with E-state index in [0.717, 1.165) is 24.2 Å². The van der Waals surface area contributed by atoms with Crippen LogP contribution in [0.25, 0.3) is 21.8 Å². The van der Waals surface area contributed by atoms with Crippen LogP contribution in [0.1, 0.15) is 16.9 Å². The normalized spacial score (nSPS) is 13.3. The van der Waals surface area contributed by atoms with Crippen molar-refractivity contribution in [3.63, 3.8) is 0 Å². The summed E-state index contributed by atoms with van der Waals surface area (Å²) in [6.07, 6.45) is 5.15. The predicted octanol–water partition coefficient (Wildman–Crippen LogP) is 4.23. The second-order valence-electron chi connectivity index (χ2n) is 8.58. The number of hydrogen-bond donors (Lipinski definition) is 0. The number of fused-ring (bicyclic) bond motifs is 3. The molecule has 0 saturated heterocycles. The quantitative estimate of drug-likeness (QED) is 0.349. The van der Waals surface area contributed by atoms with Gasteiger partial charge in [-0.15, -0.1) is 11.3 Å². The SMILES string of the molecule is O=c1c2cc3c(=O)n(Cc4ccc5c(c4)OCCCO5)ccc3nc2ccn1CCc1cccs1. The van der Waals surface area contributed by atoms with Gasteiger partial charge in [0.2, 0.25) is 0 Å². The Morgan fingerprint density at radius 2 is 1.60 bits per heavy atom. The summed E-state index contributed by atoms with van der Waals surface area (Å²) in [6, 6.07) is 15.2. The first-order valence-corrected chi connectivity index (χ1v) is 12.5. The Labute approximate surface area is 204 Å². The van der Waals surface area contributed by atoms with Gasteiger partial charge in [-0.1, -0.05) is 12.1 Å². The standard InChI is InChI=1S/C27H23N3O4S/c31-26-20-16-21-23(28-22(20)7-10-29(26)9-6-19-3-1-14-35-19)8-11-30(27(21)32)17-18-4-5-24-25(15-18)34-13-2-12-33-24/h1,3-5,7-8,10-11,14-16H,2,6,9,12-13,17H2. The molecule has 0 N–H and O–H groups in total. The number of aromatic nitrogens is 3. The number of hydrogen-bond acceptors (Lipinski definition) is 6. The Morgan fingerprint density at radius 1 is 0.857 bits per heavy atom. The molecule has 1 aliphatic rings. The first-order valence-electron chi connectivity index (χ1n) is 11.6. The van der Waals surface area contributed by atoms with E-state index in [4.69, 9.17) is 9.47 Å². The number of nitrogens with zero attached hydrogens (tertiary/aromatic N) is 3. The summed E-state index contributed by atoms with van der Waals surface area (Å²) in [6.45, 7) is 2.20. The van der Waals surface area contributed by atoms with Crippen molar-refractivity contribution in [3.8, 4) is 11.5 Å². The Balaban J connectivity index is 1.35. The molecule has 0 fully saturated rings. The van der Waals surface area contributed by atoms with Crippen molar-refractivity contribution in [1.29, 1.82) is 0 Å². The van der Waals surface area contributed by atoms with Crippen molar-refractivity contribution in [2.45, 2.75) is 25.9 Å². The van der Waals surface area contributed by atoms with Crippen molar-refractivity contribution in [3.05, 3.63) is 97.5 Å². The van der Waals surface area contributed by atoms with E-state index in [1.807, 2.05) is 41.8 Å². The molecule has 1 aromatic carbocycles. The van der Waals surface area contributed by atoms with Gasteiger partial charge in [-0.2, -0.15) is 0 Å². The zero-order chi connectivity index (χ0) is 23.8. The Hall–Kier alpha value is -3.91. The van der Waals surface area contributed by atoms with E-state index in [1.54, 1.807) is 38.9 Å². The molecule has 0 radical (unpaired) electrons. The van der Waals surface area contributed by atoms with Crippen LogP contribution in [0.3, 0.4) is 0 Å². The highest BCUT2D eigenvalue weighted by molar-refractivity contribution is 7.09. The number of benzene rings is 1. The number of thiophene rings is 1. The molecule has 0 atom stereocenters. The molecule has 8 heteroatoms. The lowest BCUT2D eigenvalue weighted by atomic mass is 10.1. The molecular weight excluding hydrogens is 462 g/mol. The summed E-state index contributed by atoms with van der Waals surface area (Å²) in [4.78, 5) is 32.4. The van der Waals surface area contributed by atoms with Crippen LogP contribution in [0.2, 0.25) is 0 Å². The van der Waals surface area contributed by atoms with E-state index in [9.17, 15) is 9.59 Å². The Morgan fingerprint density at radius 3 is 2.37 bits per heavy atom. The average molecular weight is 486 g/mol. The smallest absolute Gasteiger partial charge is 0.260 e. The number of rotatable bonds is 5. The number of ether oxygens (including phenoxy) is 2. The molecule has 0 bridgehead atoms. The highest BCUT2D eigenvalue weighted by Gasteiger charge is 2.13. The molecule has 5 aromatic rings. The minimum absolute atomic E-state index is 0.133. The van der Waals surface area contributed by atoms with Gasteiger partial charge in [0.1, 0.15) is 0 Å². The molecule has 6 rings (SSSR count). The molecule has 4 aromatic heterocycles. The molecule has 176 valence electrons. The van der Waals surface area contributed by atoms with Crippen molar-refractivity contribution in [2.24, 2.45) is 0 Å². The Kier molecular flexibility index (Phi) is 5.58. The van der Waals surface area contributed by atoms with Crippen LogP contribution in [-0.4, -0.2) is 27.3 Å². The van der Waals surface area contributed by atoms with Gasteiger partial charge in [0.05, 0.1) is 41.6 Å². The zero-order valence-electron chi connectivity index (χ0n) is 19.0. The maximum atomic E-state index is 13.4. The molecule has 35 heavy (non-hydrogen) atoms. The molecule has 0 amide bonds. The van der Waals surface area contributed by atoms with E-state index >= 15 is 0 Å². The summed E-state index contributed by atoms with van der Waals surface area (Å²) in [5.74, 6) is 1.42. The van der Waals surface area contributed by atoms with Crippen LogP contribution in [0.4, 0.5) is 0 Å². The third-order valence-electron chi connectivity index (χ3n) is 6.23. The highest BCUT2D eigenvalue weighted by atomic mass is 32.1. The van der Waals surface area contributed by atoms with Crippen LogP contribution in [0.5, 0.6) is 11.5 Å². The van der Waals surface area contributed by atoms with Gasteiger partial charge in [-0.05, 0) is 53.8 Å². The van der Waals surface area contributed by atoms with Gasteiger partial charge in [-0.25, -0.2) is 4.98 Å². The lowest BCUT2D eigenvalue weighted by Gasteiger charge is -2.12. The van der Waals surface area contributed by atoms with Gasteiger partial charge in [0.15, 0.2) is 11.5 Å². The van der Waals surface area contributed by atoms with Gasteiger partial charge >= 0.3 is 0 Å². The monoisotopic (exact) mass is 485 g/mol. The molecule has 5 heterocycles. The van der Waals surface area contributed by atoms with Crippen LogP contribution in [0.15, 0.2) is 75.9 Å². The molecule has 0 aliphatic carbocycles. The molecule has 1 aliphatic heterocycles. The average Bonchev–Trinajstić information content (AvgIpc) is 3.29. The summed E-state index contributed by atoms with van der Waals surface area (Å²) in [5, 5.41) is 2.92. The largest absolute Gasteiger partial charge is 0.490 e. The van der Waals surface area contributed by atoms with Crippen LogP contribution >= 0.6 is 11.3 Å². The van der Waals surface area contributed by atoms with Crippen LogP contribution in [0, 0.1) is 0 Å². The molecule has 0 saturated carbocycles. The summed E-state index contributed by atoms with van der Waals surface area (Å²) in [7, 11) is 0. The lowest BCUT2D eigenvalue weighted by molar-refractivity contribution is 0.297. The molecular formula is C27H23N3O4S. The first kappa shape index (κ1) is 21.6. The summed E-state index contributed by atoms with van der Waals surface area (Å²) < 4.78 is 14.8. The van der Waals surface area contributed by atoms with Crippen LogP contribution in [-0.2, 0) is 19.5 Å². The lowest BCUT2D eigenvalue weighted by Crippen LogP contribution is -2.23. The molecule has 0 unspecified atom stereocenters. The minimum atomic E-state index is -0.183. The number of aryl methyl sites for hydroxylation is 2. The van der Waals surface area contributed by atoms with Gasteiger partial charge in [0, 0.05) is 30.2 Å². The number of pyridine rings is 3. The first-order chi connectivity index (χ1) is 17.2. The van der Waals surface area contributed by atoms with Gasteiger partial charge < -0.3 is 18.6 Å². The fourth-order valence-electron chi connectivity index (χ4n) is 4.39. The topological polar surface area (TPSA) is 75.3 Å².